The van der Waals surface area contributed by atoms with Crippen LogP contribution in [0.15, 0.2) is 17.6 Å². The first kappa shape index (κ1) is 16.0. The van der Waals surface area contributed by atoms with Crippen LogP contribution in [0.3, 0.4) is 0 Å². The molecule has 0 fully saturated rings. The first-order chi connectivity index (χ1) is 8.02. The normalized spacial score (nSPS) is 12.4. The Hall–Kier alpha value is -1.03. The molecule has 2 N–H and O–H groups in total. The molecule has 0 aromatic carbocycles. The second-order valence-electron chi connectivity index (χ2n) is 4.59. The highest BCUT2D eigenvalue weighted by atomic mass is 15.2. The maximum Gasteiger partial charge on any atom is 0.191 e. The van der Waals surface area contributed by atoms with E-state index >= 15 is 0 Å². The average molecular weight is 240 g/mol. The Morgan fingerprint density at radius 2 is 1.82 bits per heavy atom. The quantitative estimate of drug-likeness (QED) is 0.402. The van der Waals surface area contributed by atoms with Crippen LogP contribution in [0.5, 0.6) is 0 Å². The lowest BCUT2D eigenvalue weighted by molar-refractivity contribution is 0.178. The van der Waals surface area contributed by atoms with Crippen molar-refractivity contribution in [2.45, 2.75) is 39.8 Å². The third-order valence-corrected chi connectivity index (χ3v) is 2.63. The van der Waals surface area contributed by atoms with E-state index in [2.05, 4.69) is 54.8 Å². The van der Waals surface area contributed by atoms with Gasteiger partial charge in [-0.2, -0.15) is 0 Å². The molecule has 0 aromatic heterocycles. The van der Waals surface area contributed by atoms with Gasteiger partial charge in [0.15, 0.2) is 5.96 Å². The highest BCUT2D eigenvalue weighted by Crippen LogP contribution is 2.02. The Morgan fingerprint density at radius 1 is 1.24 bits per heavy atom. The van der Waals surface area contributed by atoms with Gasteiger partial charge >= 0.3 is 0 Å². The summed E-state index contributed by atoms with van der Waals surface area (Å²) in [5, 5.41) is 6.45. The van der Waals surface area contributed by atoms with Gasteiger partial charge in [0.2, 0.25) is 0 Å². The van der Waals surface area contributed by atoms with Gasteiger partial charge in [-0.25, -0.2) is 0 Å². The molecule has 0 aliphatic heterocycles. The molecule has 17 heavy (non-hydrogen) atoms. The predicted octanol–water partition coefficient (Wildman–Crippen LogP) is 1.46. The molecule has 0 bridgehead atoms. The van der Waals surface area contributed by atoms with Gasteiger partial charge in [0.05, 0.1) is 0 Å². The number of nitrogens with one attached hydrogen (secondary N) is 2. The van der Waals surface area contributed by atoms with Crippen molar-refractivity contribution in [1.29, 1.82) is 0 Å². The highest BCUT2D eigenvalue weighted by Gasteiger charge is 2.12. The fourth-order valence-corrected chi connectivity index (χ4v) is 1.81. The van der Waals surface area contributed by atoms with Gasteiger partial charge < -0.3 is 10.6 Å². The summed E-state index contributed by atoms with van der Waals surface area (Å²) in [6.07, 6.45) is 1.82. The van der Waals surface area contributed by atoms with E-state index in [0.717, 1.165) is 25.6 Å². The van der Waals surface area contributed by atoms with Crippen molar-refractivity contribution in [3.05, 3.63) is 12.7 Å². The Balaban J connectivity index is 3.97. The fraction of sp³-hybridized carbons (Fsp3) is 0.769. The minimum Gasteiger partial charge on any atom is -0.355 e. The van der Waals surface area contributed by atoms with Crippen LogP contribution in [0, 0.1) is 0 Å². The van der Waals surface area contributed by atoms with Crippen molar-refractivity contribution < 1.29 is 0 Å². The zero-order valence-corrected chi connectivity index (χ0v) is 12.0. The Labute approximate surface area is 106 Å². The fourth-order valence-electron chi connectivity index (χ4n) is 1.81. The zero-order chi connectivity index (χ0) is 13.3. The third-order valence-electron chi connectivity index (χ3n) is 2.63. The third kappa shape index (κ3) is 7.00. The maximum absolute atomic E-state index is 4.14. The first-order valence-electron chi connectivity index (χ1n) is 6.34. The number of rotatable bonds is 7. The minimum absolute atomic E-state index is 0.569. The lowest BCUT2D eigenvalue weighted by Gasteiger charge is -2.30. The molecule has 0 aliphatic carbocycles. The molecule has 0 radical (unpaired) electrons. The van der Waals surface area contributed by atoms with Crippen LogP contribution >= 0.6 is 0 Å². The van der Waals surface area contributed by atoms with Gasteiger partial charge in [0.1, 0.15) is 0 Å². The average Bonchev–Trinajstić information content (AvgIpc) is 2.27. The molecule has 0 unspecified atom stereocenters. The van der Waals surface area contributed by atoms with E-state index in [1.165, 1.54) is 0 Å². The van der Waals surface area contributed by atoms with E-state index in [-0.39, 0.29) is 0 Å². The molecule has 0 saturated carbocycles. The van der Waals surface area contributed by atoms with Crippen LogP contribution in [0.1, 0.15) is 27.7 Å². The largest absolute Gasteiger partial charge is 0.355 e. The van der Waals surface area contributed by atoms with Crippen LogP contribution in [-0.4, -0.2) is 49.6 Å². The second-order valence-corrected chi connectivity index (χ2v) is 4.59. The van der Waals surface area contributed by atoms with Crippen molar-refractivity contribution >= 4 is 5.96 Å². The topological polar surface area (TPSA) is 39.7 Å². The van der Waals surface area contributed by atoms with Crippen molar-refractivity contribution in [3.63, 3.8) is 0 Å². The lowest BCUT2D eigenvalue weighted by Crippen LogP contribution is -2.45. The van der Waals surface area contributed by atoms with Crippen molar-refractivity contribution in [1.82, 2.24) is 15.5 Å². The molecule has 100 valence electrons. The highest BCUT2D eigenvalue weighted by molar-refractivity contribution is 5.79. The molecule has 0 aliphatic rings. The smallest absolute Gasteiger partial charge is 0.191 e. The van der Waals surface area contributed by atoms with Crippen LogP contribution in [0.4, 0.5) is 0 Å². The molecule has 0 heterocycles. The van der Waals surface area contributed by atoms with Gasteiger partial charge in [0.25, 0.3) is 0 Å². The van der Waals surface area contributed by atoms with Gasteiger partial charge in [-0.15, -0.1) is 6.58 Å². The van der Waals surface area contributed by atoms with E-state index in [4.69, 9.17) is 0 Å². The summed E-state index contributed by atoms with van der Waals surface area (Å²) in [4.78, 5) is 6.59. The molecule has 0 spiro atoms. The van der Waals surface area contributed by atoms with E-state index < -0.39 is 0 Å². The number of guanidine groups is 1. The summed E-state index contributed by atoms with van der Waals surface area (Å²) < 4.78 is 0. The SMILES string of the molecule is C=CCNC(=NC)NCCN(C(C)C)C(C)C. The van der Waals surface area contributed by atoms with Gasteiger partial charge in [-0.1, -0.05) is 6.08 Å². The molecule has 0 saturated heterocycles. The minimum atomic E-state index is 0.569. The summed E-state index contributed by atoms with van der Waals surface area (Å²) in [7, 11) is 1.78. The molecule has 4 heteroatoms. The number of hydrogen-bond donors (Lipinski definition) is 2. The van der Waals surface area contributed by atoms with Crippen LogP contribution < -0.4 is 10.6 Å². The monoisotopic (exact) mass is 240 g/mol. The van der Waals surface area contributed by atoms with Crippen LogP contribution in [0.2, 0.25) is 0 Å². The molecule has 0 atom stereocenters. The second kappa shape index (κ2) is 9.05. The molecular formula is C13H28N4. The maximum atomic E-state index is 4.14. The first-order valence-corrected chi connectivity index (χ1v) is 6.34. The summed E-state index contributed by atoms with van der Waals surface area (Å²) >= 11 is 0. The Kier molecular flexibility index (Phi) is 8.50. The summed E-state index contributed by atoms with van der Waals surface area (Å²) in [6.45, 7) is 15.2. The summed E-state index contributed by atoms with van der Waals surface area (Å²) in [6, 6.07) is 1.14. The van der Waals surface area contributed by atoms with Crippen LogP contribution in [0.25, 0.3) is 0 Å². The molecule has 0 amide bonds. The number of nitrogens with zero attached hydrogens (tertiary/aromatic N) is 2. The Bertz CT molecular complexity index is 226. The summed E-state index contributed by atoms with van der Waals surface area (Å²) in [5.74, 6) is 0.831. The Morgan fingerprint density at radius 3 is 2.24 bits per heavy atom. The standard InChI is InChI=1S/C13H28N4/c1-7-8-15-13(14-6)16-9-10-17(11(2)3)12(4)5/h7,11-12H,1,8-10H2,2-6H3,(H2,14,15,16). The number of hydrogen-bond acceptors (Lipinski definition) is 2. The molecule has 0 rings (SSSR count). The lowest BCUT2D eigenvalue weighted by atomic mass is 10.2. The van der Waals surface area contributed by atoms with Crippen LogP contribution in [-0.2, 0) is 0 Å². The van der Waals surface area contributed by atoms with Crippen molar-refractivity contribution in [3.8, 4) is 0 Å². The van der Waals surface area contributed by atoms with E-state index in [1.54, 1.807) is 7.05 Å². The van der Waals surface area contributed by atoms with Gasteiger partial charge in [-0.3, -0.25) is 9.89 Å². The molecular weight excluding hydrogens is 212 g/mol. The molecule has 0 aromatic rings. The predicted molar refractivity (Wildman–Crippen MR) is 76.5 cm³/mol. The zero-order valence-electron chi connectivity index (χ0n) is 12.0. The molecule has 4 nitrogen and oxygen atoms in total. The van der Waals surface area contributed by atoms with Gasteiger partial charge in [-0.05, 0) is 27.7 Å². The van der Waals surface area contributed by atoms with E-state index in [0.29, 0.717) is 12.1 Å². The summed E-state index contributed by atoms with van der Waals surface area (Å²) in [5.41, 5.74) is 0. The van der Waals surface area contributed by atoms with Crippen molar-refractivity contribution in [2.75, 3.05) is 26.7 Å². The number of aliphatic imine (C=N–C) groups is 1. The van der Waals surface area contributed by atoms with Crippen molar-refractivity contribution in [2.24, 2.45) is 4.99 Å². The van der Waals surface area contributed by atoms with E-state index in [9.17, 15) is 0 Å². The van der Waals surface area contributed by atoms with Gasteiger partial charge in [0, 0.05) is 38.8 Å². The van der Waals surface area contributed by atoms with E-state index in [1.807, 2.05) is 6.08 Å².